The SMILES string of the molecule is CC(=O)Oc1ccc([I+]c2ccc(C(C)(C)C)cc2)cc1. The number of hydrogen-bond donors (Lipinski definition) is 0. The smallest absolute Gasteiger partial charge is 0.357 e. The van der Waals surface area contributed by atoms with Crippen molar-refractivity contribution in [3.8, 4) is 5.75 Å². The minimum absolute atomic E-state index is 0.195. The number of hydrogen-bond acceptors (Lipinski definition) is 2. The van der Waals surface area contributed by atoms with Gasteiger partial charge >= 0.3 is 27.2 Å². The molecule has 21 heavy (non-hydrogen) atoms. The Morgan fingerprint density at radius 1 is 0.905 bits per heavy atom. The maximum atomic E-state index is 10.9. The molecule has 0 radical (unpaired) electrons. The standard InChI is InChI=1S/C18H20IO2/c1-13(20)21-17-11-9-16(10-12-17)19-15-7-5-14(6-8-15)18(2,3)4/h5-12H,1-4H3/q+1. The molecule has 0 aliphatic carbocycles. The van der Waals surface area contributed by atoms with Crippen LogP contribution in [0, 0.1) is 7.14 Å². The Bertz CT molecular complexity index is 607. The van der Waals surface area contributed by atoms with E-state index in [9.17, 15) is 4.79 Å². The summed E-state index contributed by atoms with van der Waals surface area (Å²) in [6, 6.07) is 16.7. The summed E-state index contributed by atoms with van der Waals surface area (Å²) in [5, 5.41) is 0. The molecule has 2 aromatic carbocycles. The normalized spacial score (nSPS) is 11.2. The number of carbonyl (C=O) groups excluding carboxylic acids is 1. The fourth-order valence-corrected chi connectivity index (χ4v) is 4.03. The summed E-state index contributed by atoms with van der Waals surface area (Å²) in [6.45, 7) is 8.10. The van der Waals surface area contributed by atoms with Crippen LogP contribution in [0.1, 0.15) is 33.3 Å². The summed E-state index contributed by atoms with van der Waals surface area (Å²) in [4.78, 5) is 10.9. The van der Waals surface area contributed by atoms with Crippen molar-refractivity contribution in [3.05, 3.63) is 61.2 Å². The van der Waals surface area contributed by atoms with Crippen LogP contribution in [0.3, 0.4) is 0 Å². The van der Waals surface area contributed by atoms with Gasteiger partial charge in [0.15, 0.2) is 7.14 Å². The van der Waals surface area contributed by atoms with Crippen LogP contribution in [0.25, 0.3) is 0 Å². The van der Waals surface area contributed by atoms with Crippen molar-refractivity contribution in [2.24, 2.45) is 0 Å². The monoisotopic (exact) mass is 395 g/mol. The molecule has 0 atom stereocenters. The fourth-order valence-electron chi connectivity index (χ4n) is 1.87. The minimum Gasteiger partial charge on any atom is -0.427 e. The third-order valence-corrected chi connectivity index (χ3v) is 5.69. The second-order valence-corrected chi connectivity index (χ2v) is 8.93. The lowest BCUT2D eigenvalue weighted by molar-refractivity contribution is -0.597. The summed E-state index contributed by atoms with van der Waals surface area (Å²) in [6.07, 6.45) is 0. The molecule has 0 unspecified atom stereocenters. The van der Waals surface area contributed by atoms with E-state index in [1.54, 1.807) is 0 Å². The highest BCUT2D eigenvalue weighted by atomic mass is 127. The van der Waals surface area contributed by atoms with Gasteiger partial charge in [0.1, 0.15) is 5.75 Å². The van der Waals surface area contributed by atoms with Crippen molar-refractivity contribution in [2.45, 2.75) is 33.1 Å². The molecule has 0 saturated carbocycles. The predicted octanol–water partition coefficient (Wildman–Crippen LogP) is 1.04. The van der Waals surface area contributed by atoms with Gasteiger partial charge in [-0.25, -0.2) is 0 Å². The van der Waals surface area contributed by atoms with Gasteiger partial charge in [-0.05, 0) is 47.4 Å². The largest absolute Gasteiger partial charge is 0.427 e. The molecule has 2 rings (SSSR count). The van der Waals surface area contributed by atoms with Crippen molar-refractivity contribution in [2.75, 3.05) is 0 Å². The van der Waals surface area contributed by atoms with Gasteiger partial charge in [-0.3, -0.25) is 4.79 Å². The predicted molar refractivity (Wildman–Crippen MR) is 80.3 cm³/mol. The van der Waals surface area contributed by atoms with E-state index in [1.165, 1.54) is 19.6 Å². The Labute approximate surface area is 136 Å². The molecule has 0 aliphatic heterocycles. The summed E-state index contributed by atoms with van der Waals surface area (Å²) in [5.41, 5.74) is 1.56. The summed E-state index contributed by atoms with van der Waals surface area (Å²) >= 11 is -0.195. The van der Waals surface area contributed by atoms with Crippen molar-refractivity contribution >= 4 is 5.97 Å². The quantitative estimate of drug-likeness (QED) is 0.441. The number of carbonyl (C=O) groups is 1. The van der Waals surface area contributed by atoms with Crippen LogP contribution in [-0.4, -0.2) is 5.97 Å². The van der Waals surface area contributed by atoms with Gasteiger partial charge in [-0.2, -0.15) is 0 Å². The molecule has 0 N–H and O–H groups in total. The molecular weight excluding hydrogens is 375 g/mol. The minimum atomic E-state index is -0.282. The fraction of sp³-hybridized carbons (Fsp3) is 0.278. The van der Waals surface area contributed by atoms with E-state index in [2.05, 4.69) is 45.0 Å². The average Bonchev–Trinajstić information content (AvgIpc) is 2.40. The van der Waals surface area contributed by atoms with Gasteiger partial charge in [-0.1, -0.05) is 32.9 Å². The highest BCUT2D eigenvalue weighted by Crippen LogP contribution is 2.20. The van der Waals surface area contributed by atoms with Crippen LogP contribution in [-0.2, 0) is 10.2 Å². The second kappa shape index (κ2) is 6.60. The number of benzene rings is 2. The Hall–Kier alpha value is -1.36. The van der Waals surface area contributed by atoms with Crippen molar-refractivity contribution in [1.29, 1.82) is 0 Å². The highest BCUT2D eigenvalue weighted by Gasteiger charge is 2.18. The number of rotatable bonds is 3. The lowest BCUT2D eigenvalue weighted by atomic mass is 9.87. The Kier molecular flexibility index (Phi) is 5.04. The van der Waals surface area contributed by atoms with Gasteiger partial charge in [0.05, 0.1) is 0 Å². The molecule has 0 amide bonds. The molecule has 2 aromatic rings. The molecule has 110 valence electrons. The zero-order valence-electron chi connectivity index (χ0n) is 12.8. The first-order chi connectivity index (χ1) is 9.84. The van der Waals surface area contributed by atoms with Crippen LogP contribution >= 0.6 is 0 Å². The topological polar surface area (TPSA) is 26.3 Å². The molecule has 0 bridgehead atoms. The zero-order valence-corrected chi connectivity index (χ0v) is 15.0. The second-order valence-electron chi connectivity index (χ2n) is 5.90. The lowest BCUT2D eigenvalue weighted by Gasteiger charge is -2.18. The number of halogens is 1. The third-order valence-electron chi connectivity index (χ3n) is 3.00. The highest BCUT2D eigenvalue weighted by molar-refractivity contribution is 5.69. The third kappa shape index (κ3) is 4.84. The van der Waals surface area contributed by atoms with E-state index >= 15 is 0 Å². The molecule has 2 nitrogen and oxygen atoms in total. The van der Waals surface area contributed by atoms with Crippen molar-refractivity contribution in [1.82, 2.24) is 0 Å². The van der Waals surface area contributed by atoms with Gasteiger partial charge < -0.3 is 4.74 Å². The summed E-state index contributed by atoms with van der Waals surface area (Å²) in [5.74, 6) is 0.327. The molecule has 0 aliphatic rings. The van der Waals surface area contributed by atoms with Crippen molar-refractivity contribution in [3.63, 3.8) is 0 Å². The lowest BCUT2D eigenvalue weighted by Crippen LogP contribution is -3.61. The molecule has 0 spiro atoms. The average molecular weight is 395 g/mol. The first kappa shape index (κ1) is 16.0. The van der Waals surface area contributed by atoms with E-state index in [1.807, 2.05) is 24.3 Å². The first-order valence-corrected chi connectivity index (χ1v) is 9.04. The molecule has 0 fully saturated rings. The summed E-state index contributed by atoms with van der Waals surface area (Å²) in [7, 11) is 0. The molecule has 3 heteroatoms. The Balaban J connectivity index is 2.06. The maximum absolute atomic E-state index is 10.9. The molecule has 0 heterocycles. The van der Waals surface area contributed by atoms with Gasteiger partial charge in [0, 0.05) is 6.92 Å². The van der Waals surface area contributed by atoms with Crippen LogP contribution < -0.4 is 25.9 Å². The molecule has 0 saturated heterocycles. The zero-order chi connectivity index (χ0) is 15.5. The van der Waals surface area contributed by atoms with Crippen molar-refractivity contribution < 1.29 is 30.7 Å². The van der Waals surface area contributed by atoms with E-state index in [-0.39, 0.29) is 32.6 Å². The molecule has 0 aromatic heterocycles. The Morgan fingerprint density at radius 3 is 1.81 bits per heavy atom. The number of ether oxygens (including phenoxy) is 1. The van der Waals surface area contributed by atoms with Gasteiger partial charge in [0.2, 0.25) is 0 Å². The van der Waals surface area contributed by atoms with Crippen LogP contribution in [0.5, 0.6) is 5.75 Å². The van der Waals surface area contributed by atoms with Crippen LogP contribution in [0.2, 0.25) is 0 Å². The number of esters is 1. The van der Waals surface area contributed by atoms with Crippen LogP contribution in [0.15, 0.2) is 48.5 Å². The van der Waals surface area contributed by atoms with E-state index in [4.69, 9.17) is 4.74 Å². The molecular formula is C18H20IO2+. The van der Waals surface area contributed by atoms with E-state index in [0.717, 1.165) is 0 Å². The van der Waals surface area contributed by atoms with E-state index in [0.29, 0.717) is 5.75 Å². The van der Waals surface area contributed by atoms with E-state index < -0.39 is 0 Å². The Morgan fingerprint density at radius 2 is 1.38 bits per heavy atom. The maximum Gasteiger partial charge on any atom is 0.357 e. The van der Waals surface area contributed by atoms with Gasteiger partial charge in [-0.15, -0.1) is 0 Å². The van der Waals surface area contributed by atoms with Gasteiger partial charge in [0.25, 0.3) is 0 Å². The first-order valence-electron chi connectivity index (χ1n) is 6.88. The van der Waals surface area contributed by atoms with Crippen LogP contribution in [0.4, 0.5) is 0 Å². The summed E-state index contributed by atoms with van der Waals surface area (Å²) < 4.78 is 7.75.